The van der Waals surface area contributed by atoms with Gasteiger partial charge in [0.25, 0.3) is 0 Å². The minimum absolute atomic E-state index is 0.0979. The van der Waals surface area contributed by atoms with E-state index in [9.17, 15) is 13.5 Å². The van der Waals surface area contributed by atoms with Gasteiger partial charge in [0.05, 0.1) is 4.90 Å². The minimum atomic E-state index is -3.39. The smallest absolute Gasteiger partial charge is 0.243 e. The Morgan fingerprint density at radius 1 is 1.20 bits per heavy atom. The molecular formula is C15H23NO3S. The van der Waals surface area contributed by atoms with Crippen molar-refractivity contribution in [3.05, 3.63) is 29.8 Å². The Bertz CT molecular complexity index is 537. The number of rotatable bonds is 4. The number of benzene rings is 1. The van der Waals surface area contributed by atoms with Crippen molar-refractivity contribution in [2.24, 2.45) is 5.41 Å². The first-order chi connectivity index (χ1) is 9.43. The van der Waals surface area contributed by atoms with E-state index in [1.54, 1.807) is 16.4 Å². The third-order valence-electron chi connectivity index (χ3n) is 4.53. The van der Waals surface area contributed by atoms with E-state index in [2.05, 4.69) is 6.92 Å². The van der Waals surface area contributed by atoms with Crippen LogP contribution >= 0.6 is 0 Å². The van der Waals surface area contributed by atoms with Crippen LogP contribution in [0.25, 0.3) is 0 Å². The van der Waals surface area contributed by atoms with Crippen molar-refractivity contribution in [1.82, 2.24) is 4.31 Å². The number of aliphatic hydroxyl groups excluding tert-OH is 1. The highest BCUT2D eigenvalue weighted by molar-refractivity contribution is 7.89. The van der Waals surface area contributed by atoms with Crippen LogP contribution in [-0.2, 0) is 10.0 Å². The number of aryl methyl sites for hydroxylation is 1. The molecule has 2 rings (SSSR count). The monoisotopic (exact) mass is 297 g/mol. The van der Waals surface area contributed by atoms with E-state index < -0.39 is 10.0 Å². The Hall–Kier alpha value is -0.910. The lowest BCUT2D eigenvalue weighted by molar-refractivity contribution is 0.0647. The molecular weight excluding hydrogens is 274 g/mol. The average Bonchev–Trinajstić information content (AvgIpc) is 2.47. The lowest BCUT2D eigenvalue weighted by Crippen LogP contribution is -2.44. The Morgan fingerprint density at radius 2 is 1.75 bits per heavy atom. The predicted octanol–water partition coefficient (Wildman–Crippen LogP) is 2.17. The molecule has 1 heterocycles. The number of nitrogens with zero attached hydrogens (tertiary/aromatic N) is 1. The fraction of sp³-hybridized carbons (Fsp3) is 0.600. The molecule has 1 fully saturated rings. The molecule has 1 N–H and O–H groups in total. The van der Waals surface area contributed by atoms with Gasteiger partial charge in [0.2, 0.25) is 10.0 Å². The molecule has 112 valence electrons. The van der Waals surface area contributed by atoms with E-state index in [1.807, 2.05) is 19.1 Å². The van der Waals surface area contributed by atoms with Crippen LogP contribution in [-0.4, -0.2) is 37.5 Å². The van der Waals surface area contributed by atoms with Crippen molar-refractivity contribution >= 4 is 10.0 Å². The van der Waals surface area contributed by atoms with Crippen molar-refractivity contribution in [3.8, 4) is 0 Å². The zero-order valence-corrected chi connectivity index (χ0v) is 13.0. The topological polar surface area (TPSA) is 57.6 Å². The summed E-state index contributed by atoms with van der Waals surface area (Å²) < 4.78 is 26.6. The Kier molecular flexibility index (Phi) is 4.52. The largest absolute Gasteiger partial charge is 0.396 e. The van der Waals surface area contributed by atoms with Gasteiger partial charge >= 0.3 is 0 Å². The zero-order valence-electron chi connectivity index (χ0n) is 12.2. The van der Waals surface area contributed by atoms with Crippen LogP contribution in [0.15, 0.2) is 29.2 Å². The maximum atomic E-state index is 12.5. The van der Waals surface area contributed by atoms with Crippen molar-refractivity contribution in [2.75, 3.05) is 19.7 Å². The zero-order chi connectivity index (χ0) is 14.8. The molecule has 5 heteroatoms. The quantitative estimate of drug-likeness (QED) is 0.926. The van der Waals surface area contributed by atoms with E-state index in [4.69, 9.17) is 0 Å². The highest BCUT2D eigenvalue weighted by atomic mass is 32.2. The SMILES string of the molecule is CCC1(CO)CCN(S(=O)(=O)c2ccc(C)cc2)CC1. The van der Waals surface area contributed by atoms with Crippen LogP contribution in [0.3, 0.4) is 0 Å². The van der Waals surface area contributed by atoms with Crippen molar-refractivity contribution < 1.29 is 13.5 Å². The summed E-state index contributed by atoms with van der Waals surface area (Å²) in [6.45, 7) is 5.12. The molecule has 0 radical (unpaired) electrons. The number of hydrogen-bond acceptors (Lipinski definition) is 3. The molecule has 0 bridgehead atoms. The second-order valence-electron chi connectivity index (χ2n) is 5.73. The fourth-order valence-electron chi connectivity index (χ4n) is 2.68. The Labute approximate surface area is 121 Å². The molecule has 0 unspecified atom stereocenters. The highest BCUT2D eigenvalue weighted by Gasteiger charge is 2.36. The fourth-order valence-corrected chi connectivity index (χ4v) is 4.13. The highest BCUT2D eigenvalue weighted by Crippen LogP contribution is 2.35. The summed E-state index contributed by atoms with van der Waals surface area (Å²) in [6.07, 6.45) is 2.35. The molecule has 1 aliphatic rings. The molecule has 0 saturated carbocycles. The Morgan fingerprint density at radius 3 is 2.20 bits per heavy atom. The minimum Gasteiger partial charge on any atom is -0.396 e. The molecule has 0 aromatic heterocycles. The van der Waals surface area contributed by atoms with Crippen LogP contribution in [0.1, 0.15) is 31.7 Å². The van der Waals surface area contributed by atoms with Gasteiger partial charge in [-0.3, -0.25) is 0 Å². The van der Waals surface area contributed by atoms with Gasteiger partial charge in [-0.1, -0.05) is 24.6 Å². The van der Waals surface area contributed by atoms with Crippen LogP contribution < -0.4 is 0 Å². The third-order valence-corrected chi connectivity index (χ3v) is 6.44. The third kappa shape index (κ3) is 2.90. The summed E-state index contributed by atoms with van der Waals surface area (Å²) in [5, 5.41) is 9.51. The first-order valence-electron chi connectivity index (χ1n) is 7.11. The van der Waals surface area contributed by atoms with Gasteiger partial charge in [-0.2, -0.15) is 4.31 Å². The summed E-state index contributed by atoms with van der Waals surface area (Å²) in [6, 6.07) is 6.97. The number of sulfonamides is 1. The Balaban J connectivity index is 2.15. The molecule has 0 atom stereocenters. The summed E-state index contributed by atoms with van der Waals surface area (Å²) in [5.41, 5.74) is 0.951. The van der Waals surface area contributed by atoms with Gasteiger partial charge in [-0.25, -0.2) is 8.42 Å². The average molecular weight is 297 g/mol. The summed E-state index contributed by atoms with van der Waals surface area (Å²) >= 11 is 0. The molecule has 1 saturated heterocycles. The first-order valence-corrected chi connectivity index (χ1v) is 8.55. The van der Waals surface area contributed by atoms with E-state index in [-0.39, 0.29) is 12.0 Å². The number of hydrogen-bond donors (Lipinski definition) is 1. The van der Waals surface area contributed by atoms with E-state index in [0.717, 1.165) is 24.8 Å². The molecule has 4 nitrogen and oxygen atoms in total. The molecule has 0 amide bonds. The predicted molar refractivity (Wildman–Crippen MR) is 79.0 cm³/mol. The standard InChI is InChI=1S/C15H23NO3S/c1-3-15(12-17)8-10-16(11-9-15)20(18,19)14-6-4-13(2)5-7-14/h4-7,17H,3,8-12H2,1-2H3. The molecule has 1 aromatic rings. The summed E-state index contributed by atoms with van der Waals surface area (Å²) in [7, 11) is -3.39. The van der Waals surface area contributed by atoms with Crippen LogP contribution in [0, 0.1) is 12.3 Å². The van der Waals surface area contributed by atoms with Crippen LogP contribution in [0.4, 0.5) is 0 Å². The normalized spacial score (nSPS) is 19.9. The van der Waals surface area contributed by atoms with Gasteiger partial charge in [0, 0.05) is 19.7 Å². The first kappa shape index (κ1) is 15.5. The lowest BCUT2D eigenvalue weighted by Gasteiger charge is -2.39. The van der Waals surface area contributed by atoms with E-state index >= 15 is 0 Å². The second kappa shape index (κ2) is 5.84. The molecule has 0 spiro atoms. The second-order valence-corrected chi connectivity index (χ2v) is 7.67. The van der Waals surface area contributed by atoms with Crippen LogP contribution in [0.2, 0.25) is 0 Å². The molecule has 0 aliphatic carbocycles. The van der Waals surface area contributed by atoms with E-state index in [0.29, 0.717) is 18.0 Å². The van der Waals surface area contributed by atoms with Crippen molar-refractivity contribution in [3.63, 3.8) is 0 Å². The maximum Gasteiger partial charge on any atom is 0.243 e. The molecule has 20 heavy (non-hydrogen) atoms. The van der Waals surface area contributed by atoms with Crippen LogP contribution in [0.5, 0.6) is 0 Å². The van der Waals surface area contributed by atoms with Gasteiger partial charge in [0.15, 0.2) is 0 Å². The lowest BCUT2D eigenvalue weighted by atomic mass is 9.77. The van der Waals surface area contributed by atoms with Gasteiger partial charge in [-0.05, 0) is 43.7 Å². The number of aliphatic hydroxyl groups is 1. The molecule has 1 aliphatic heterocycles. The van der Waals surface area contributed by atoms with Gasteiger partial charge in [0.1, 0.15) is 0 Å². The van der Waals surface area contributed by atoms with E-state index in [1.165, 1.54) is 0 Å². The van der Waals surface area contributed by atoms with Crippen molar-refractivity contribution in [1.29, 1.82) is 0 Å². The number of piperidine rings is 1. The van der Waals surface area contributed by atoms with Gasteiger partial charge < -0.3 is 5.11 Å². The summed E-state index contributed by atoms with van der Waals surface area (Å²) in [4.78, 5) is 0.357. The summed E-state index contributed by atoms with van der Waals surface area (Å²) in [5.74, 6) is 0. The molecule has 1 aromatic carbocycles. The van der Waals surface area contributed by atoms with Gasteiger partial charge in [-0.15, -0.1) is 0 Å². The maximum absolute atomic E-state index is 12.5. The van der Waals surface area contributed by atoms with Crippen molar-refractivity contribution in [2.45, 2.75) is 38.0 Å².